The van der Waals surface area contributed by atoms with Crippen LogP contribution in [-0.4, -0.2) is 79.4 Å². The Balaban J connectivity index is 1.73. The molecule has 0 amide bonds. The number of aliphatic hydroxyl groups excluding tert-OH is 3. The van der Waals surface area contributed by atoms with E-state index in [1.54, 1.807) is 14.0 Å². The zero-order chi connectivity index (χ0) is 25.7. The van der Waals surface area contributed by atoms with Crippen molar-refractivity contribution in [2.24, 2.45) is 0 Å². The number of carbonyl (C=O) groups is 1. The van der Waals surface area contributed by atoms with Crippen molar-refractivity contribution in [1.29, 1.82) is 0 Å². The van der Waals surface area contributed by atoms with Crippen LogP contribution >= 0.6 is 23.2 Å². The van der Waals surface area contributed by atoms with Gasteiger partial charge in [-0.3, -0.25) is 0 Å². The summed E-state index contributed by atoms with van der Waals surface area (Å²) in [7, 11) is 2.87. The summed E-state index contributed by atoms with van der Waals surface area (Å²) in [6.07, 6.45) is -6.13. The van der Waals surface area contributed by atoms with Gasteiger partial charge in [-0.2, -0.15) is 0 Å². The number of methoxy groups -OCH3 is 2. The van der Waals surface area contributed by atoms with Crippen LogP contribution in [0.3, 0.4) is 0 Å². The molecule has 0 bridgehead atoms. The maximum absolute atomic E-state index is 12.9. The number of aliphatic hydroxyl groups is 3. The molecule has 0 radical (unpaired) electrons. The summed E-state index contributed by atoms with van der Waals surface area (Å²) in [4.78, 5) is 12.9. The number of ether oxygens (including phenoxy) is 5. The summed E-state index contributed by atoms with van der Waals surface area (Å²) >= 11 is 12.8. The van der Waals surface area contributed by atoms with Crippen LogP contribution in [0, 0.1) is 6.92 Å². The number of esters is 1. The summed E-state index contributed by atoms with van der Waals surface area (Å²) in [5, 5.41) is 30.1. The van der Waals surface area contributed by atoms with Crippen molar-refractivity contribution in [2.45, 2.75) is 44.1 Å². The number of hydrogen-bond donors (Lipinski definition) is 3. The summed E-state index contributed by atoms with van der Waals surface area (Å²) in [6.45, 7) is 1.33. The molecule has 1 heterocycles. The van der Waals surface area contributed by atoms with Crippen molar-refractivity contribution >= 4 is 29.2 Å². The average molecular weight is 531 g/mol. The minimum atomic E-state index is -1.56. The molecule has 2 aromatic carbocycles. The van der Waals surface area contributed by atoms with E-state index >= 15 is 0 Å². The first-order valence-corrected chi connectivity index (χ1v) is 11.6. The lowest BCUT2D eigenvalue weighted by Gasteiger charge is -2.40. The largest absolute Gasteiger partial charge is 0.497 e. The lowest BCUT2D eigenvalue weighted by Crippen LogP contribution is -2.60. The van der Waals surface area contributed by atoms with Gasteiger partial charge in [-0.1, -0.05) is 35.3 Å². The first-order chi connectivity index (χ1) is 16.7. The Labute approximate surface area is 213 Å². The van der Waals surface area contributed by atoms with Crippen LogP contribution in [0.4, 0.5) is 0 Å². The highest BCUT2D eigenvalue weighted by Gasteiger charge is 2.47. The van der Waals surface area contributed by atoms with Gasteiger partial charge in [0.1, 0.15) is 24.1 Å². The van der Waals surface area contributed by atoms with E-state index in [0.29, 0.717) is 12.0 Å². The van der Waals surface area contributed by atoms with Gasteiger partial charge in [-0.25, -0.2) is 4.79 Å². The second kappa shape index (κ2) is 12.2. The highest BCUT2D eigenvalue weighted by Crippen LogP contribution is 2.38. The van der Waals surface area contributed by atoms with Gasteiger partial charge in [0.25, 0.3) is 0 Å². The van der Waals surface area contributed by atoms with Gasteiger partial charge in [-0.05, 0) is 36.2 Å². The first-order valence-electron chi connectivity index (χ1n) is 10.8. The van der Waals surface area contributed by atoms with E-state index in [1.165, 1.54) is 13.2 Å². The van der Waals surface area contributed by atoms with Crippen LogP contribution < -0.4 is 9.47 Å². The van der Waals surface area contributed by atoms with Gasteiger partial charge in [0.05, 0.1) is 35.9 Å². The average Bonchev–Trinajstić information content (AvgIpc) is 2.86. The van der Waals surface area contributed by atoms with E-state index < -0.39 is 43.3 Å². The SMILES string of the molecule is COc1cccc(CCOc2c(Cl)cc(C(=O)O[C@H]3[C@@H](OC)O[C@H](CO)[C@@H](O)[C@@H]3O)c(C)c2Cl)c1. The minimum Gasteiger partial charge on any atom is -0.497 e. The predicted molar refractivity (Wildman–Crippen MR) is 127 cm³/mol. The van der Waals surface area contributed by atoms with Crippen molar-refractivity contribution in [3.63, 3.8) is 0 Å². The van der Waals surface area contributed by atoms with Crippen LogP contribution in [0.2, 0.25) is 10.0 Å². The Kier molecular flexibility index (Phi) is 9.60. The topological polar surface area (TPSA) is 124 Å². The fraction of sp³-hybridized carbons (Fsp3) is 0.458. The second-order valence-corrected chi connectivity index (χ2v) is 8.72. The molecule has 35 heavy (non-hydrogen) atoms. The van der Waals surface area contributed by atoms with Crippen molar-refractivity contribution < 1.29 is 43.8 Å². The van der Waals surface area contributed by atoms with E-state index in [4.69, 9.17) is 46.9 Å². The van der Waals surface area contributed by atoms with Gasteiger partial charge >= 0.3 is 5.97 Å². The van der Waals surface area contributed by atoms with Crippen molar-refractivity contribution in [2.75, 3.05) is 27.4 Å². The van der Waals surface area contributed by atoms with Crippen molar-refractivity contribution in [1.82, 2.24) is 0 Å². The molecule has 1 aliphatic heterocycles. The Hall–Kier alpha value is -2.11. The number of carbonyl (C=O) groups excluding carboxylic acids is 1. The van der Waals surface area contributed by atoms with Gasteiger partial charge in [0.2, 0.25) is 0 Å². The Morgan fingerprint density at radius 2 is 1.89 bits per heavy atom. The molecule has 192 valence electrons. The standard InChI is InChI=1S/C24H28Cl2O9/c1-12-15(23(30)35-22-20(29)19(28)17(11-27)34-24(22)32-3)10-16(25)21(18(12)26)33-8-7-13-5-4-6-14(9-13)31-2/h4-6,9-10,17,19-20,22,24,27-29H,7-8,11H2,1-3H3/t17-,19-,20+,22-,24+/m1/s1. The third-order valence-electron chi connectivity index (χ3n) is 5.71. The molecule has 1 fully saturated rings. The molecule has 0 spiro atoms. The first kappa shape index (κ1) is 27.5. The summed E-state index contributed by atoms with van der Waals surface area (Å²) in [5.74, 6) is 0.0988. The van der Waals surface area contributed by atoms with Crippen molar-refractivity contribution in [3.05, 3.63) is 57.1 Å². The molecule has 0 saturated carbocycles. The van der Waals surface area contributed by atoms with Crippen LogP contribution in [0.1, 0.15) is 21.5 Å². The molecule has 2 aromatic rings. The molecule has 1 aliphatic rings. The summed E-state index contributed by atoms with van der Waals surface area (Å²) in [6, 6.07) is 8.92. The van der Waals surface area contributed by atoms with E-state index in [2.05, 4.69) is 0 Å². The molecule has 0 unspecified atom stereocenters. The van der Waals surface area contributed by atoms with Crippen LogP contribution in [0.15, 0.2) is 30.3 Å². The molecule has 0 aromatic heterocycles. The zero-order valence-corrected chi connectivity index (χ0v) is 21.0. The highest BCUT2D eigenvalue weighted by atomic mass is 35.5. The van der Waals surface area contributed by atoms with Gasteiger partial charge in [-0.15, -0.1) is 0 Å². The molecular weight excluding hydrogens is 503 g/mol. The third kappa shape index (κ3) is 6.18. The summed E-state index contributed by atoms with van der Waals surface area (Å²) in [5.41, 5.74) is 1.40. The fourth-order valence-electron chi connectivity index (χ4n) is 3.70. The molecular formula is C24H28Cl2O9. The fourth-order valence-corrected chi connectivity index (χ4v) is 4.26. The molecule has 1 saturated heterocycles. The van der Waals surface area contributed by atoms with E-state index in [-0.39, 0.29) is 28.0 Å². The summed E-state index contributed by atoms with van der Waals surface area (Å²) < 4.78 is 26.9. The molecule has 5 atom stereocenters. The number of benzene rings is 2. The monoisotopic (exact) mass is 530 g/mol. The lowest BCUT2D eigenvalue weighted by atomic mass is 9.99. The predicted octanol–water partition coefficient (Wildman–Crippen LogP) is 2.54. The number of halogens is 2. The quantitative estimate of drug-likeness (QED) is 0.419. The maximum Gasteiger partial charge on any atom is 0.339 e. The Morgan fingerprint density at radius 1 is 1.14 bits per heavy atom. The van der Waals surface area contributed by atoms with Gasteiger partial charge in [0, 0.05) is 13.5 Å². The molecule has 3 rings (SSSR count). The number of hydrogen-bond acceptors (Lipinski definition) is 9. The normalized spacial score (nSPS) is 24.2. The van der Waals surface area contributed by atoms with Crippen LogP contribution in [0.5, 0.6) is 11.5 Å². The Bertz CT molecular complexity index is 1030. The van der Waals surface area contributed by atoms with E-state index in [9.17, 15) is 20.1 Å². The van der Waals surface area contributed by atoms with Gasteiger partial charge < -0.3 is 39.0 Å². The Morgan fingerprint density at radius 3 is 2.54 bits per heavy atom. The van der Waals surface area contributed by atoms with E-state index in [0.717, 1.165) is 11.3 Å². The molecule has 11 heteroatoms. The van der Waals surface area contributed by atoms with E-state index in [1.807, 2.05) is 24.3 Å². The lowest BCUT2D eigenvalue weighted by molar-refractivity contribution is -0.293. The second-order valence-electron chi connectivity index (χ2n) is 7.94. The zero-order valence-electron chi connectivity index (χ0n) is 19.4. The maximum atomic E-state index is 12.9. The van der Waals surface area contributed by atoms with Gasteiger partial charge in [0.15, 0.2) is 18.1 Å². The third-order valence-corrected chi connectivity index (χ3v) is 6.45. The molecule has 0 aliphatic carbocycles. The highest BCUT2D eigenvalue weighted by molar-refractivity contribution is 6.38. The number of rotatable bonds is 9. The van der Waals surface area contributed by atoms with Crippen molar-refractivity contribution in [3.8, 4) is 11.5 Å². The molecule has 3 N–H and O–H groups in total. The van der Waals surface area contributed by atoms with Crippen LogP contribution in [-0.2, 0) is 20.6 Å². The van der Waals surface area contributed by atoms with Crippen LogP contribution in [0.25, 0.3) is 0 Å². The molecule has 9 nitrogen and oxygen atoms in total. The smallest absolute Gasteiger partial charge is 0.339 e. The minimum absolute atomic E-state index is 0.0426.